The monoisotopic (exact) mass is 326 g/mol. The maximum absolute atomic E-state index is 6.03. The molecule has 0 radical (unpaired) electrons. The molecule has 1 heterocycles. The fourth-order valence-corrected chi connectivity index (χ4v) is 3.04. The Kier molecular flexibility index (Phi) is 5.01. The number of nitrogens with zero attached hydrogens (tertiary/aromatic N) is 1. The first-order valence-electron chi connectivity index (χ1n) is 6.86. The molecule has 1 aliphatic rings. The van der Waals surface area contributed by atoms with E-state index in [4.69, 9.17) is 10.5 Å². The van der Waals surface area contributed by atoms with Crippen molar-refractivity contribution in [2.24, 2.45) is 5.73 Å². The van der Waals surface area contributed by atoms with E-state index >= 15 is 0 Å². The van der Waals surface area contributed by atoms with E-state index in [0.717, 1.165) is 17.6 Å². The molecule has 0 saturated carbocycles. The van der Waals surface area contributed by atoms with Crippen LogP contribution in [-0.2, 0) is 4.74 Å². The molecule has 1 aliphatic heterocycles. The number of ether oxygens (including phenoxy) is 1. The third-order valence-electron chi connectivity index (χ3n) is 3.86. The first-order chi connectivity index (χ1) is 9.02. The van der Waals surface area contributed by atoms with Crippen LogP contribution in [0.25, 0.3) is 0 Å². The minimum Gasteiger partial charge on any atom is -0.376 e. The molecule has 1 fully saturated rings. The lowest BCUT2D eigenvalue weighted by molar-refractivity contribution is -0.0654. The predicted octanol–water partition coefficient (Wildman–Crippen LogP) is 2.87. The lowest BCUT2D eigenvalue weighted by Crippen LogP contribution is -2.50. The third kappa shape index (κ3) is 3.37. The van der Waals surface area contributed by atoms with Crippen molar-refractivity contribution in [3.8, 4) is 0 Å². The first kappa shape index (κ1) is 15.0. The topological polar surface area (TPSA) is 38.5 Å². The van der Waals surface area contributed by atoms with Gasteiger partial charge >= 0.3 is 0 Å². The molecule has 2 N–H and O–H groups in total. The molecule has 19 heavy (non-hydrogen) atoms. The van der Waals surface area contributed by atoms with E-state index < -0.39 is 0 Å². The smallest absolute Gasteiger partial charge is 0.0675 e. The van der Waals surface area contributed by atoms with Crippen molar-refractivity contribution in [1.82, 2.24) is 4.90 Å². The second kappa shape index (κ2) is 6.35. The molecule has 2 rings (SSSR count). The third-order valence-corrected chi connectivity index (χ3v) is 4.71. The standard InChI is InChI=1S/C15H23BrN2O/c1-10-4-5-13(6-14(10)16)15(7-17)18-8-12(3)19-9-11(18)2/h4-6,11-12,15H,7-9,17H2,1-3H3. The van der Waals surface area contributed by atoms with Gasteiger partial charge in [-0.3, -0.25) is 4.90 Å². The fraction of sp³-hybridized carbons (Fsp3) is 0.600. The maximum Gasteiger partial charge on any atom is 0.0675 e. The minimum absolute atomic E-state index is 0.262. The van der Waals surface area contributed by atoms with Gasteiger partial charge in [0.25, 0.3) is 0 Å². The van der Waals surface area contributed by atoms with Crippen molar-refractivity contribution >= 4 is 15.9 Å². The number of benzene rings is 1. The SMILES string of the molecule is Cc1ccc(C(CN)N2CC(C)OCC2C)cc1Br. The highest BCUT2D eigenvalue weighted by molar-refractivity contribution is 9.10. The van der Waals surface area contributed by atoms with Gasteiger partial charge < -0.3 is 10.5 Å². The Labute approximate surface area is 124 Å². The quantitative estimate of drug-likeness (QED) is 0.928. The summed E-state index contributed by atoms with van der Waals surface area (Å²) < 4.78 is 6.85. The van der Waals surface area contributed by atoms with Gasteiger partial charge in [0.15, 0.2) is 0 Å². The van der Waals surface area contributed by atoms with Gasteiger partial charge in [-0.15, -0.1) is 0 Å². The largest absolute Gasteiger partial charge is 0.376 e. The number of hydrogen-bond acceptors (Lipinski definition) is 3. The number of aryl methyl sites for hydroxylation is 1. The predicted molar refractivity (Wildman–Crippen MR) is 82.3 cm³/mol. The molecule has 0 amide bonds. The van der Waals surface area contributed by atoms with Crippen molar-refractivity contribution in [2.45, 2.75) is 39.0 Å². The van der Waals surface area contributed by atoms with Gasteiger partial charge in [0.2, 0.25) is 0 Å². The minimum atomic E-state index is 0.262. The Morgan fingerprint density at radius 2 is 2.21 bits per heavy atom. The fourth-order valence-electron chi connectivity index (χ4n) is 2.64. The zero-order valence-corrected chi connectivity index (χ0v) is 13.5. The van der Waals surface area contributed by atoms with Crippen LogP contribution in [0.1, 0.15) is 31.0 Å². The normalized spacial score (nSPS) is 26.4. The Hall–Kier alpha value is -0.420. The van der Waals surface area contributed by atoms with Crippen LogP contribution in [0.15, 0.2) is 22.7 Å². The van der Waals surface area contributed by atoms with Gasteiger partial charge in [0.1, 0.15) is 0 Å². The molecule has 0 aromatic heterocycles. The number of hydrogen-bond donors (Lipinski definition) is 1. The second-order valence-electron chi connectivity index (χ2n) is 5.45. The summed E-state index contributed by atoms with van der Waals surface area (Å²) in [6.07, 6.45) is 0.277. The van der Waals surface area contributed by atoms with E-state index in [1.807, 2.05) is 0 Å². The first-order valence-corrected chi connectivity index (χ1v) is 7.65. The van der Waals surface area contributed by atoms with Crippen molar-refractivity contribution in [2.75, 3.05) is 19.7 Å². The molecule has 0 bridgehead atoms. The van der Waals surface area contributed by atoms with Gasteiger partial charge in [-0.25, -0.2) is 0 Å². The summed E-state index contributed by atoms with van der Waals surface area (Å²) in [6, 6.07) is 7.20. The second-order valence-corrected chi connectivity index (χ2v) is 6.30. The molecule has 1 aromatic rings. The molecule has 0 aliphatic carbocycles. The average molecular weight is 327 g/mol. The van der Waals surface area contributed by atoms with Crippen LogP contribution in [0.4, 0.5) is 0 Å². The van der Waals surface area contributed by atoms with E-state index in [1.54, 1.807) is 0 Å². The number of nitrogens with two attached hydrogens (primary N) is 1. The average Bonchev–Trinajstić information content (AvgIpc) is 2.38. The summed E-state index contributed by atoms with van der Waals surface area (Å²) >= 11 is 3.61. The molecule has 106 valence electrons. The Morgan fingerprint density at radius 3 is 2.84 bits per heavy atom. The summed E-state index contributed by atoms with van der Waals surface area (Å²) in [5, 5.41) is 0. The van der Waals surface area contributed by atoms with E-state index in [-0.39, 0.29) is 12.1 Å². The van der Waals surface area contributed by atoms with Crippen LogP contribution in [0, 0.1) is 6.92 Å². The van der Waals surface area contributed by atoms with Crippen molar-refractivity contribution < 1.29 is 4.74 Å². The van der Waals surface area contributed by atoms with Gasteiger partial charge in [-0.05, 0) is 38.0 Å². The van der Waals surface area contributed by atoms with Crippen LogP contribution in [-0.4, -0.2) is 36.7 Å². The van der Waals surface area contributed by atoms with Crippen molar-refractivity contribution in [3.63, 3.8) is 0 Å². The molecule has 1 saturated heterocycles. The molecular formula is C15H23BrN2O. The molecule has 0 spiro atoms. The van der Waals surface area contributed by atoms with Crippen LogP contribution < -0.4 is 5.73 Å². The van der Waals surface area contributed by atoms with Crippen molar-refractivity contribution in [3.05, 3.63) is 33.8 Å². The molecule has 3 nitrogen and oxygen atoms in total. The Bertz CT molecular complexity index is 438. The van der Waals surface area contributed by atoms with E-state index in [9.17, 15) is 0 Å². The molecule has 3 atom stereocenters. The highest BCUT2D eigenvalue weighted by Crippen LogP contribution is 2.28. The van der Waals surface area contributed by atoms with Crippen molar-refractivity contribution in [1.29, 1.82) is 0 Å². The van der Waals surface area contributed by atoms with E-state index in [0.29, 0.717) is 12.6 Å². The number of rotatable bonds is 3. The van der Waals surface area contributed by atoms with Crippen LogP contribution in [0.2, 0.25) is 0 Å². The lowest BCUT2D eigenvalue weighted by atomic mass is 10.0. The molecule has 3 unspecified atom stereocenters. The summed E-state index contributed by atoms with van der Waals surface area (Å²) in [5.41, 5.74) is 8.56. The van der Waals surface area contributed by atoms with Gasteiger partial charge in [-0.1, -0.05) is 28.1 Å². The molecule has 4 heteroatoms. The van der Waals surface area contributed by atoms with E-state index in [2.05, 4.69) is 59.8 Å². The Balaban J connectivity index is 2.25. The molecule has 1 aromatic carbocycles. The Morgan fingerprint density at radius 1 is 1.47 bits per heavy atom. The summed E-state index contributed by atoms with van der Waals surface area (Å²) in [4.78, 5) is 2.46. The number of morpholine rings is 1. The summed E-state index contributed by atoms with van der Waals surface area (Å²) in [6.45, 7) is 8.78. The highest BCUT2D eigenvalue weighted by Gasteiger charge is 2.29. The van der Waals surface area contributed by atoms with E-state index in [1.165, 1.54) is 11.1 Å². The van der Waals surface area contributed by atoms with Crippen LogP contribution in [0.5, 0.6) is 0 Å². The zero-order chi connectivity index (χ0) is 14.0. The van der Waals surface area contributed by atoms with Gasteiger partial charge in [-0.2, -0.15) is 0 Å². The van der Waals surface area contributed by atoms with Crippen LogP contribution >= 0.6 is 15.9 Å². The van der Waals surface area contributed by atoms with Crippen LogP contribution in [0.3, 0.4) is 0 Å². The summed E-state index contributed by atoms with van der Waals surface area (Å²) in [5.74, 6) is 0. The zero-order valence-electron chi connectivity index (χ0n) is 11.9. The molecular weight excluding hydrogens is 304 g/mol. The number of halogens is 1. The summed E-state index contributed by atoms with van der Waals surface area (Å²) in [7, 11) is 0. The highest BCUT2D eigenvalue weighted by atomic mass is 79.9. The van der Waals surface area contributed by atoms with Gasteiger partial charge in [0, 0.05) is 29.6 Å². The maximum atomic E-state index is 6.03. The van der Waals surface area contributed by atoms with Gasteiger partial charge in [0.05, 0.1) is 12.7 Å². The lowest BCUT2D eigenvalue weighted by Gasteiger charge is -2.41.